The molecule has 0 spiro atoms. The summed E-state index contributed by atoms with van der Waals surface area (Å²) >= 11 is 0. The molecule has 5 nitrogen and oxygen atoms in total. The number of rotatable bonds is 3. The first-order chi connectivity index (χ1) is 7.61. The smallest absolute Gasteiger partial charge is 0.252 e. The maximum atomic E-state index is 11.4. The van der Waals surface area contributed by atoms with E-state index in [0.717, 1.165) is 5.56 Å². The predicted molar refractivity (Wildman–Crippen MR) is 58.8 cm³/mol. The Balaban J connectivity index is 2.47. The van der Waals surface area contributed by atoms with E-state index in [4.69, 9.17) is 4.74 Å². The van der Waals surface area contributed by atoms with E-state index in [1.54, 1.807) is 12.1 Å². The third-order valence-electron chi connectivity index (χ3n) is 2.33. The molecule has 0 saturated heterocycles. The van der Waals surface area contributed by atoms with Gasteiger partial charge in [0.05, 0.1) is 6.10 Å². The lowest BCUT2D eigenvalue weighted by molar-refractivity contribution is 0.0965. The predicted octanol–water partition coefficient (Wildman–Crippen LogP) is 2.12. The Hall–Kier alpha value is -1.91. The third-order valence-corrected chi connectivity index (χ3v) is 2.33. The molecule has 1 aromatic carbocycles. The number of amides is 1. The minimum Gasteiger partial charge on any atom is -0.489 e. The molecule has 0 radical (unpaired) electrons. The molecule has 0 bridgehead atoms. The van der Waals surface area contributed by atoms with Crippen molar-refractivity contribution in [1.29, 1.82) is 0 Å². The van der Waals surface area contributed by atoms with E-state index in [2.05, 4.69) is 10.5 Å². The summed E-state index contributed by atoms with van der Waals surface area (Å²) in [5.74, 6) is 0.224. The summed E-state index contributed by atoms with van der Waals surface area (Å²) in [5, 5.41) is 5.59. The molecule has 0 aromatic heterocycles. The van der Waals surface area contributed by atoms with Crippen LogP contribution in [-0.4, -0.2) is 12.0 Å². The Morgan fingerprint density at radius 2 is 2.19 bits per heavy atom. The summed E-state index contributed by atoms with van der Waals surface area (Å²) in [7, 11) is 0. The Morgan fingerprint density at radius 3 is 2.81 bits per heavy atom. The Labute approximate surface area is 92.8 Å². The van der Waals surface area contributed by atoms with Gasteiger partial charge in [0.1, 0.15) is 11.4 Å². The second-order valence-corrected chi connectivity index (χ2v) is 3.92. The van der Waals surface area contributed by atoms with Gasteiger partial charge in [0.15, 0.2) is 0 Å². The number of benzene rings is 1. The van der Waals surface area contributed by atoms with Crippen molar-refractivity contribution in [3.8, 4) is 5.75 Å². The van der Waals surface area contributed by atoms with Gasteiger partial charge in [-0.2, -0.15) is 0 Å². The van der Waals surface area contributed by atoms with Gasteiger partial charge in [0.25, 0.3) is 5.91 Å². The SMILES string of the molecule is CC(C)Oc1cc2c(cc1N=O)CNC2=O. The zero-order valence-electron chi connectivity index (χ0n) is 9.11. The number of hydrogen-bond acceptors (Lipinski definition) is 4. The summed E-state index contributed by atoms with van der Waals surface area (Å²) < 4.78 is 5.44. The van der Waals surface area contributed by atoms with Crippen molar-refractivity contribution in [1.82, 2.24) is 5.32 Å². The van der Waals surface area contributed by atoms with Crippen molar-refractivity contribution < 1.29 is 9.53 Å². The molecule has 5 heteroatoms. The number of fused-ring (bicyclic) bond motifs is 1. The minimum absolute atomic E-state index is 0.0667. The third kappa shape index (κ3) is 1.76. The summed E-state index contributed by atoms with van der Waals surface area (Å²) in [5.41, 5.74) is 1.59. The van der Waals surface area contributed by atoms with Gasteiger partial charge in [0, 0.05) is 12.1 Å². The number of carbonyl (C=O) groups excluding carboxylic acids is 1. The van der Waals surface area contributed by atoms with Crippen molar-refractivity contribution in [3.05, 3.63) is 28.2 Å². The quantitative estimate of drug-likeness (QED) is 0.793. The fourth-order valence-corrected chi connectivity index (χ4v) is 1.66. The van der Waals surface area contributed by atoms with Crippen LogP contribution < -0.4 is 10.1 Å². The van der Waals surface area contributed by atoms with Crippen molar-refractivity contribution in [2.45, 2.75) is 26.5 Å². The van der Waals surface area contributed by atoms with Crippen LogP contribution in [0.3, 0.4) is 0 Å². The average molecular weight is 220 g/mol. The molecule has 1 N–H and O–H groups in total. The zero-order chi connectivity index (χ0) is 11.7. The summed E-state index contributed by atoms with van der Waals surface area (Å²) in [6, 6.07) is 3.17. The maximum absolute atomic E-state index is 11.4. The largest absolute Gasteiger partial charge is 0.489 e. The molecule has 1 aromatic rings. The van der Waals surface area contributed by atoms with Gasteiger partial charge in [-0.05, 0) is 36.7 Å². The van der Waals surface area contributed by atoms with E-state index in [0.29, 0.717) is 17.9 Å². The fourth-order valence-electron chi connectivity index (χ4n) is 1.66. The number of nitrogens with zero attached hydrogens (tertiary/aromatic N) is 1. The van der Waals surface area contributed by atoms with Crippen LogP contribution in [0.25, 0.3) is 0 Å². The lowest BCUT2D eigenvalue weighted by Crippen LogP contribution is -2.12. The zero-order valence-corrected chi connectivity index (χ0v) is 9.11. The van der Waals surface area contributed by atoms with Crippen LogP contribution in [0.2, 0.25) is 0 Å². The van der Waals surface area contributed by atoms with Gasteiger partial charge in [0.2, 0.25) is 0 Å². The van der Waals surface area contributed by atoms with Gasteiger partial charge in [-0.1, -0.05) is 0 Å². The Morgan fingerprint density at radius 1 is 1.44 bits per heavy atom. The minimum atomic E-state index is -0.138. The van der Waals surface area contributed by atoms with E-state index < -0.39 is 0 Å². The summed E-state index contributed by atoms with van der Waals surface area (Å²) in [4.78, 5) is 22.1. The lowest BCUT2D eigenvalue weighted by Gasteiger charge is -2.11. The van der Waals surface area contributed by atoms with Crippen LogP contribution >= 0.6 is 0 Å². The summed E-state index contributed by atoms with van der Waals surface area (Å²) in [6.07, 6.45) is -0.0667. The normalized spacial score (nSPS) is 13.6. The number of carbonyl (C=O) groups is 1. The molecule has 0 atom stereocenters. The van der Waals surface area contributed by atoms with Crippen molar-refractivity contribution >= 4 is 11.6 Å². The molecule has 0 saturated carbocycles. The highest BCUT2D eigenvalue weighted by Crippen LogP contribution is 2.33. The molecule has 2 rings (SSSR count). The molecule has 0 aliphatic carbocycles. The van der Waals surface area contributed by atoms with Gasteiger partial charge in [-0.15, -0.1) is 4.91 Å². The molecular weight excluding hydrogens is 208 g/mol. The fraction of sp³-hybridized carbons (Fsp3) is 0.364. The van der Waals surface area contributed by atoms with Crippen LogP contribution in [0.1, 0.15) is 29.8 Å². The molecule has 16 heavy (non-hydrogen) atoms. The van der Waals surface area contributed by atoms with E-state index in [1.165, 1.54) is 0 Å². The number of nitrogens with one attached hydrogen (secondary N) is 1. The summed E-state index contributed by atoms with van der Waals surface area (Å²) in [6.45, 7) is 4.14. The van der Waals surface area contributed by atoms with Gasteiger partial charge >= 0.3 is 0 Å². The number of ether oxygens (including phenoxy) is 1. The van der Waals surface area contributed by atoms with Crippen LogP contribution in [0, 0.1) is 4.91 Å². The van der Waals surface area contributed by atoms with Crippen molar-refractivity contribution in [3.63, 3.8) is 0 Å². The highest BCUT2D eigenvalue weighted by molar-refractivity contribution is 5.99. The highest BCUT2D eigenvalue weighted by atomic mass is 16.5. The average Bonchev–Trinajstić information content (AvgIpc) is 2.58. The molecule has 1 aliphatic rings. The van der Waals surface area contributed by atoms with E-state index in [9.17, 15) is 9.70 Å². The highest BCUT2D eigenvalue weighted by Gasteiger charge is 2.22. The molecule has 0 fully saturated rings. The van der Waals surface area contributed by atoms with Crippen LogP contribution in [0.15, 0.2) is 17.3 Å². The first kappa shape index (κ1) is 10.6. The maximum Gasteiger partial charge on any atom is 0.252 e. The second kappa shape index (κ2) is 3.92. The van der Waals surface area contributed by atoms with Crippen LogP contribution in [0.5, 0.6) is 5.75 Å². The molecule has 84 valence electrons. The number of hydrogen-bond donors (Lipinski definition) is 1. The van der Waals surface area contributed by atoms with Crippen molar-refractivity contribution in [2.75, 3.05) is 0 Å². The second-order valence-electron chi connectivity index (χ2n) is 3.92. The standard InChI is InChI=1S/C11H12N2O3/c1-6(2)16-10-4-8-7(3-9(10)13-15)5-12-11(8)14/h3-4,6H,5H2,1-2H3,(H,12,14). The molecule has 1 aliphatic heterocycles. The first-order valence-electron chi connectivity index (χ1n) is 5.07. The van der Waals surface area contributed by atoms with E-state index >= 15 is 0 Å². The van der Waals surface area contributed by atoms with E-state index in [1.807, 2.05) is 13.8 Å². The van der Waals surface area contributed by atoms with Crippen LogP contribution in [0.4, 0.5) is 5.69 Å². The Bertz CT molecular complexity index is 455. The van der Waals surface area contributed by atoms with Gasteiger partial charge < -0.3 is 10.1 Å². The monoisotopic (exact) mass is 220 g/mol. The van der Waals surface area contributed by atoms with Crippen molar-refractivity contribution in [2.24, 2.45) is 5.18 Å². The molecule has 0 unspecified atom stereocenters. The van der Waals surface area contributed by atoms with Gasteiger partial charge in [-0.25, -0.2) is 0 Å². The topological polar surface area (TPSA) is 67.8 Å². The van der Waals surface area contributed by atoms with Gasteiger partial charge in [-0.3, -0.25) is 4.79 Å². The number of nitroso groups, excluding NO2 is 1. The Kier molecular flexibility index (Phi) is 2.60. The van der Waals surface area contributed by atoms with Crippen LogP contribution in [-0.2, 0) is 6.54 Å². The lowest BCUT2D eigenvalue weighted by atomic mass is 10.1. The molecule has 1 heterocycles. The van der Waals surface area contributed by atoms with E-state index in [-0.39, 0.29) is 17.7 Å². The molecule has 1 amide bonds. The molecular formula is C11H12N2O3. The first-order valence-corrected chi connectivity index (χ1v) is 5.07.